The number of benzene rings is 2. The minimum absolute atomic E-state index is 0.138. The molecule has 5 rings (SSSR count). The summed E-state index contributed by atoms with van der Waals surface area (Å²) in [6.07, 6.45) is 2.45. The molecule has 1 fully saturated rings. The summed E-state index contributed by atoms with van der Waals surface area (Å²) in [7, 11) is 0. The lowest BCUT2D eigenvalue weighted by Gasteiger charge is -2.44. The first-order chi connectivity index (χ1) is 13.0. The number of hydrogen-bond donors (Lipinski definition) is 1. The zero-order chi connectivity index (χ0) is 18.6. The van der Waals surface area contributed by atoms with Crippen LogP contribution in [0.1, 0.15) is 62.4 Å². The quantitative estimate of drug-likeness (QED) is 0.596. The summed E-state index contributed by atoms with van der Waals surface area (Å²) in [6, 6.07) is 13.6. The molecule has 4 nitrogen and oxygen atoms in total. The molecule has 0 amide bonds. The first kappa shape index (κ1) is 17.1. The number of hydrogen-bond acceptors (Lipinski definition) is 5. The van der Waals surface area contributed by atoms with Crippen molar-refractivity contribution < 1.29 is 4.74 Å². The molecule has 2 aliphatic rings. The first-order valence-corrected chi connectivity index (χ1v) is 10.5. The van der Waals surface area contributed by atoms with Gasteiger partial charge in [0.15, 0.2) is 0 Å². The second-order valence-corrected chi connectivity index (χ2v) is 9.31. The van der Waals surface area contributed by atoms with Gasteiger partial charge in [0.2, 0.25) is 0 Å². The molecule has 0 aliphatic carbocycles. The van der Waals surface area contributed by atoms with E-state index in [1.807, 2.05) is 0 Å². The predicted octanol–water partition coefficient (Wildman–Crippen LogP) is 5.62. The number of rotatable bonds is 1. The Kier molecular flexibility index (Phi) is 3.99. The van der Waals surface area contributed by atoms with Crippen molar-refractivity contribution >= 4 is 28.4 Å². The normalized spacial score (nSPS) is 24.9. The van der Waals surface area contributed by atoms with Crippen LogP contribution in [0.25, 0.3) is 11.0 Å². The summed E-state index contributed by atoms with van der Waals surface area (Å²) >= 11 is 1.28. The Balaban J connectivity index is 1.59. The van der Waals surface area contributed by atoms with E-state index in [4.69, 9.17) is 4.74 Å². The lowest BCUT2D eigenvalue weighted by Crippen LogP contribution is -2.36. The lowest BCUT2D eigenvalue weighted by atomic mass is 9.76. The van der Waals surface area contributed by atoms with E-state index in [0.29, 0.717) is 5.92 Å². The second-order valence-electron chi connectivity index (χ2n) is 8.78. The number of nitrogens with one attached hydrogen (secondary N) is 1. The fourth-order valence-electron chi connectivity index (χ4n) is 4.46. The molecule has 3 atom stereocenters. The minimum atomic E-state index is 0.138. The molecule has 27 heavy (non-hydrogen) atoms. The zero-order valence-corrected chi connectivity index (χ0v) is 16.8. The fraction of sp³-hybridized carbons (Fsp3) is 0.455. The van der Waals surface area contributed by atoms with E-state index in [0.717, 1.165) is 24.1 Å². The summed E-state index contributed by atoms with van der Waals surface area (Å²) < 4.78 is 15.1. The molecule has 2 aromatic carbocycles. The van der Waals surface area contributed by atoms with Crippen molar-refractivity contribution in [3.63, 3.8) is 0 Å². The molecule has 3 aromatic rings. The first-order valence-electron chi connectivity index (χ1n) is 9.75. The van der Waals surface area contributed by atoms with Crippen LogP contribution in [0.5, 0.6) is 0 Å². The Hall–Kier alpha value is -1.98. The van der Waals surface area contributed by atoms with E-state index in [1.165, 1.54) is 40.5 Å². The maximum Gasteiger partial charge on any atom is 0.105 e. The van der Waals surface area contributed by atoms with Crippen LogP contribution in [-0.2, 0) is 10.2 Å². The van der Waals surface area contributed by atoms with Gasteiger partial charge in [0.1, 0.15) is 11.0 Å². The molecule has 0 spiro atoms. The van der Waals surface area contributed by atoms with Gasteiger partial charge in [0.25, 0.3) is 0 Å². The monoisotopic (exact) mass is 379 g/mol. The highest BCUT2D eigenvalue weighted by atomic mass is 32.1. The SMILES string of the molecule is CC(C)(C)c1ccc2c(c1)[C@H]1OCCC[C@H]1[C@H](c1ccc3nsnc3c1)N2. The van der Waals surface area contributed by atoms with E-state index in [9.17, 15) is 0 Å². The van der Waals surface area contributed by atoms with Crippen molar-refractivity contribution in [2.75, 3.05) is 11.9 Å². The number of anilines is 1. The molecule has 0 unspecified atom stereocenters. The van der Waals surface area contributed by atoms with Crippen molar-refractivity contribution in [1.82, 2.24) is 8.75 Å². The Morgan fingerprint density at radius 1 is 1.07 bits per heavy atom. The number of nitrogens with zero attached hydrogens (tertiary/aromatic N) is 2. The van der Waals surface area contributed by atoms with Gasteiger partial charge in [-0.3, -0.25) is 0 Å². The van der Waals surface area contributed by atoms with Gasteiger partial charge in [-0.25, -0.2) is 0 Å². The van der Waals surface area contributed by atoms with Crippen molar-refractivity contribution in [2.24, 2.45) is 5.92 Å². The van der Waals surface area contributed by atoms with Gasteiger partial charge in [-0.2, -0.15) is 8.75 Å². The summed E-state index contributed by atoms with van der Waals surface area (Å²) in [5.41, 5.74) is 7.27. The highest BCUT2D eigenvalue weighted by Crippen LogP contribution is 2.50. The smallest absolute Gasteiger partial charge is 0.105 e. The third-order valence-corrected chi connectivity index (χ3v) is 6.52. The highest BCUT2D eigenvalue weighted by molar-refractivity contribution is 7.00. The molecular weight excluding hydrogens is 354 g/mol. The van der Waals surface area contributed by atoms with Crippen molar-refractivity contribution in [1.29, 1.82) is 0 Å². The topological polar surface area (TPSA) is 47.0 Å². The molecule has 0 radical (unpaired) electrons. The van der Waals surface area contributed by atoms with Gasteiger partial charge in [-0.05, 0) is 47.6 Å². The van der Waals surface area contributed by atoms with Crippen LogP contribution in [0.2, 0.25) is 0 Å². The number of ether oxygens (including phenoxy) is 1. The van der Waals surface area contributed by atoms with E-state index in [2.05, 4.69) is 71.2 Å². The maximum absolute atomic E-state index is 6.33. The van der Waals surface area contributed by atoms with Crippen LogP contribution in [-0.4, -0.2) is 15.4 Å². The standard InChI is InChI=1S/C22H25N3OS/c1-22(2,3)14-7-9-17-16(12-14)21-15(5-4-10-26-21)20(23-17)13-6-8-18-19(11-13)25-27-24-18/h6-9,11-12,15,20-21,23H,4-5,10H2,1-3H3/t15-,20-,21-/m0/s1. The Morgan fingerprint density at radius 2 is 1.93 bits per heavy atom. The Morgan fingerprint density at radius 3 is 2.78 bits per heavy atom. The van der Waals surface area contributed by atoms with Gasteiger partial charge in [0, 0.05) is 23.8 Å². The van der Waals surface area contributed by atoms with Crippen LogP contribution in [0.15, 0.2) is 36.4 Å². The minimum Gasteiger partial charge on any atom is -0.378 e. The highest BCUT2D eigenvalue weighted by Gasteiger charge is 2.40. The number of fused-ring (bicyclic) bond motifs is 4. The summed E-state index contributed by atoms with van der Waals surface area (Å²) in [6.45, 7) is 7.65. The van der Waals surface area contributed by atoms with Crippen LogP contribution < -0.4 is 5.32 Å². The molecule has 3 heterocycles. The molecule has 5 heteroatoms. The van der Waals surface area contributed by atoms with Crippen LogP contribution in [0.4, 0.5) is 5.69 Å². The third kappa shape index (κ3) is 2.93. The maximum atomic E-state index is 6.33. The molecule has 140 valence electrons. The second kappa shape index (κ2) is 6.28. The lowest BCUT2D eigenvalue weighted by molar-refractivity contribution is -0.0381. The van der Waals surface area contributed by atoms with E-state index < -0.39 is 0 Å². The number of aromatic nitrogens is 2. The van der Waals surface area contributed by atoms with Crippen LogP contribution >= 0.6 is 11.7 Å². The Bertz CT molecular complexity index is 991. The summed E-state index contributed by atoms with van der Waals surface area (Å²) in [4.78, 5) is 0. The van der Waals surface area contributed by atoms with Gasteiger partial charge in [-0.15, -0.1) is 0 Å². The van der Waals surface area contributed by atoms with Gasteiger partial charge in [-0.1, -0.05) is 39.0 Å². The molecule has 0 saturated carbocycles. The van der Waals surface area contributed by atoms with E-state index in [-0.39, 0.29) is 17.6 Å². The zero-order valence-electron chi connectivity index (χ0n) is 16.0. The molecule has 1 saturated heterocycles. The molecule has 1 N–H and O–H groups in total. The molecule has 0 bridgehead atoms. The van der Waals surface area contributed by atoms with Crippen LogP contribution in [0.3, 0.4) is 0 Å². The summed E-state index contributed by atoms with van der Waals surface area (Å²) in [5, 5.41) is 3.82. The summed E-state index contributed by atoms with van der Waals surface area (Å²) in [5.74, 6) is 0.436. The average molecular weight is 380 g/mol. The largest absolute Gasteiger partial charge is 0.378 e. The predicted molar refractivity (Wildman–Crippen MR) is 110 cm³/mol. The Labute approximate surface area is 164 Å². The molecule has 1 aromatic heterocycles. The van der Waals surface area contributed by atoms with Gasteiger partial charge < -0.3 is 10.1 Å². The molecule has 2 aliphatic heterocycles. The van der Waals surface area contributed by atoms with E-state index >= 15 is 0 Å². The fourth-order valence-corrected chi connectivity index (χ4v) is 4.98. The van der Waals surface area contributed by atoms with Crippen molar-refractivity contribution in [3.05, 3.63) is 53.1 Å². The molecular formula is C22H25N3OS. The third-order valence-electron chi connectivity index (χ3n) is 5.97. The average Bonchev–Trinajstić information content (AvgIpc) is 3.14. The van der Waals surface area contributed by atoms with Crippen molar-refractivity contribution in [3.8, 4) is 0 Å². The van der Waals surface area contributed by atoms with E-state index in [1.54, 1.807) is 0 Å². The van der Waals surface area contributed by atoms with Gasteiger partial charge in [0.05, 0.1) is 23.9 Å². The van der Waals surface area contributed by atoms with Crippen molar-refractivity contribution in [2.45, 2.75) is 51.2 Å². The van der Waals surface area contributed by atoms with Crippen LogP contribution in [0, 0.1) is 5.92 Å². The van der Waals surface area contributed by atoms with Gasteiger partial charge >= 0.3 is 0 Å².